The number of ether oxygens (including phenoxy) is 1. The summed E-state index contributed by atoms with van der Waals surface area (Å²) in [5, 5.41) is 11.7. The van der Waals surface area contributed by atoms with E-state index in [0.717, 1.165) is 11.3 Å². The molecule has 1 saturated heterocycles. The van der Waals surface area contributed by atoms with E-state index in [1.807, 2.05) is 0 Å². The van der Waals surface area contributed by atoms with Gasteiger partial charge < -0.3 is 9.84 Å². The Morgan fingerprint density at radius 1 is 1.15 bits per heavy atom. The average molecular weight is 483 g/mol. The van der Waals surface area contributed by atoms with E-state index < -0.39 is 23.7 Å². The van der Waals surface area contributed by atoms with E-state index in [0.29, 0.717) is 21.8 Å². The van der Waals surface area contributed by atoms with Gasteiger partial charge in [-0.25, -0.2) is 9.78 Å². The second-order valence-electron chi connectivity index (χ2n) is 7.22. The average Bonchev–Trinajstić information content (AvgIpc) is 3.31. The Balaban J connectivity index is 1.89. The number of ketones is 1. The van der Waals surface area contributed by atoms with Crippen molar-refractivity contribution in [2.75, 3.05) is 11.5 Å². The summed E-state index contributed by atoms with van der Waals surface area (Å²) in [4.78, 5) is 44.4. The smallest absolute Gasteiger partial charge is 0.350 e. The number of aromatic nitrogens is 1. The summed E-state index contributed by atoms with van der Waals surface area (Å²) in [7, 11) is 0. The minimum atomic E-state index is -0.928. The molecule has 33 heavy (non-hydrogen) atoms. The Kier molecular flexibility index (Phi) is 6.31. The van der Waals surface area contributed by atoms with Crippen molar-refractivity contribution in [2.45, 2.75) is 19.9 Å². The molecular weight excluding hydrogens is 464 g/mol. The molecule has 4 rings (SSSR count). The molecule has 1 amide bonds. The third kappa shape index (κ3) is 4.15. The van der Waals surface area contributed by atoms with Crippen LogP contribution < -0.4 is 4.90 Å². The minimum Gasteiger partial charge on any atom is -0.507 e. The third-order valence-corrected chi connectivity index (χ3v) is 6.52. The molecule has 0 bridgehead atoms. The van der Waals surface area contributed by atoms with Crippen LogP contribution in [-0.2, 0) is 14.3 Å². The van der Waals surface area contributed by atoms with E-state index in [-0.39, 0.29) is 27.9 Å². The number of esters is 1. The van der Waals surface area contributed by atoms with Gasteiger partial charge in [0.05, 0.1) is 23.9 Å². The van der Waals surface area contributed by atoms with Crippen molar-refractivity contribution >= 4 is 51.5 Å². The number of rotatable bonds is 5. The van der Waals surface area contributed by atoms with E-state index in [4.69, 9.17) is 16.3 Å². The fourth-order valence-electron chi connectivity index (χ4n) is 3.62. The lowest BCUT2D eigenvalue weighted by Gasteiger charge is -2.22. The summed E-state index contributed by atoms with van der Waals surface area (Å²) in [5.41, 5.74) is 1.28. The van der Waals surface area contributed by atoms with Crippen LogP contribution in [0.4, 0.5) is 5.13 Å². The lowest BCUT2D eigenvalue weighted by atomic mass is 9.95. The summed E-state index contributed by atoms with van der Waals surface area (Å²) in [6.45, 7) is 3.52. The van der Waals surface area contributed by atoms with Crippen LogP contribution in [0.3, 0.4) is 0 Å². The molecule has 9 heteroatoms. The maximum atomic E-state index is 13.2. The number of halogens is 1. The number of aliphatic hydroxyl groups excluding tert-OH is 1. The van der Waals surface area contributed by atoms with E-state index in [9.17, 15) is 19.5 Å². The number of nitrogens with zero attached hydrogens (tertiary/aromatic N) is 2. The van der Waals surface area contributed by atoms with Crippen molar-refractivity contribution in [3.05, 3.63) is 86.9 Å². The monoisotopic (exact) mass is 482 g/mol. The van der Waals surface area contributed by atoms with Crippen LogP contribution in [0.2, 0.25) is 5.02 Å². The Morgan fingerprint density at radius 3 is 2.45 bits per heavy atom. The molecule has 2 heterocycles. The zero-order valence-corrected chi connectivity index (χ0v) is 19.3. The molecule has 1 unspecified atom stereocenters. The first kappa shape index (κ1) is 22.7. The van der Waals surface area contributed by atoms with E-state index in [1.165, 1.54) is 4.90 Å². The molecule has 3 aromatic rings. The van der Waals surface area contributed by atoms with E-state index in [1.54, 1.807) is 68.4 Å². The number of carbonyl (C=O) groups excluding carboxylic acids is 3. The molecule has 0 saturated carbocycles. The molecular formula is C24H19ClN2O5S. The van der Waals surface area contributed by atoms with E-state index >= 15 is 0 Å². The standard InChI is InChI=1S/C24H19ClN2O5S/c1-3-32-23(31)21-13(2)26-24(33-21)27-18(14-7-5-4-6-8-14)17(20(29)22(27)30)19(28)15-9-11-16(25)12-10-15/h4-12,18,28H,3H2,1-2H3/b19-17+. The van der Waals surface area contributed by atoms with Crippen LogP contribution in [0.1, 0.15) is 39.5 Å². The number of hydrogen-bond donors (Lipinski definition) is 1. The molecule has 1 aliphatic rings. The van der Waals surface area contributed by atoms with Gasteiger partial charge in [-0.15, -0.1) is 0 Å². The van der Waals surface area contributed by atoms with Crippen molar-refractivity contribution in [2.24, 2.45) is 0 Å². The van der Waals surface area contributed by atoms with E-state index in [2.05, 4.69) is 4.98 Å². The Bertz CT molecular complexity index is 1270. The predicted molar refractivity (Wildman–Crippen MR) is 125 cm³/mol. The topological polar surface area (TPSA) is 96.8 Å². The van der Waals surface area contributed by atoms with Gasteiger partial charge in [0.15, 0.2) is 5.13 Å². The first-order valence-electron chi connectivity index (χ1n) is 10.1. The summed E-state index contributed by atoms with van der Waals surface area (Å²) >= 11 is 6.92. The minimum absolute atomic E-state index is 0.0703. The molecule has 1 N–H and O–H groups in total. The number of Topliss-reactive ketones (excluding diaryl/α,β-unsaturated/α-hetero) is 1. The van der Waals surface area contributed by atoms with Gasteiger partial charge in [-0.1, -0.05) is 53.3 Å². The van der Waals surface area contributed by atoms with Gasteiger partial charge in [-0.05, 0) is 43.7 Å². The number of aryl methyl sites for hydroxylation is 1. The molecule has 168 valence electrons. The Morgan fingerprint density at radius 2 is 1.82 bits per heavy atom. The first-order valence-corrected chi connectivity index (χ1v) is 11.3. The van der Waals surface area contributed by atoms with Gasteiger partial charge in [0.1, 0.15) is 10.6 Å². The van der Waals surface area contributed by atoms with Crippen molar-refractivity contribution in [1.29, 1.82) is 0 Å². The molecule has 0 spiro atoms. The normalized spacial score (nSPS) is 17.4. The van der Waals surface area contributed by atoms with Gasteiger partial charge in [0, 0.05) is 10.6 Å². The van der Waals surface area contributed by atoms with Crippen LogP contribution in [0.15, 0.2) is 60.2 Å². The highest BCUT2D eigenvalue weighted by Gasteiger charge is 2.48. The highest BCUT2D eigenvalue weighted by molar-refractivity contribution is 7.17. The van der Waals surface area contributed by atoms with Crippen LogP contribution >= 0.6 is 22.9 Å². The van der Waals surface area contributed by atoms with Crippen LogP contribution in [0, 0.1) is 6.92 Å². The Hall–Kier alpha value is -3.49. The number of carbonyl (C=O) groups is 3. The molecule has 0 aliphatic carbocycles. The molecule has 2 aromatic carbocycles. The fraction of sp³-hybridized carbons (Fsp3) is 0.167. The lowest BCUT2D eigenvalue weighted by molar-refractivity contribution is -0.132. The number of thiazole rings is 1. The molecule has 0 radical (unpaired) electrons. The SMILES string of the molecule is CCOC(=O)c1sc(N2C(=O)C(=O)/C(=C(/O)c3ccc(Cl)cc3)C2c2ccccc2)nc1C. The van der Waals surface area contributed by atoms with Crippen LogP contribution in [0.25, 0.3) is 5.76 Å². The Labute approximate surface area is 198 Å². The zero-order chi connectivity index (χ0) is 23.7. The number of anilines is 1. The molecule has 1 aliphatic heterocycles. The number of aliphatic hydroxyl groups is 1. The summed E-state index contributed by atoms with van der Waals surface area (Å²) in [6, 6.07) is 14.2. The third-order valence-electron chi connectivity index (χ3n) is 5.13. The van der Waals surface area contributed by atoms with Crippen molar-refractivity contribution in [3.8, 4) is 0 Å². The summed E-state index contributed by atoms with van der Waals surface area (Å²) in [5.74, 6) is -2.56. The highest BCUT2D eigenvalue weighted by atomic mass is 35.5. The second kappa shape index (κ2) is 9.17. The van der Waals surface area contributed by atoms with Gasteiger partial charge in [0.2, 0.25) is 0 Å². The predicted octanol–water partition coefficient (Wildman–Crippen LogP) is 4.91. The van der Waals surface area contributed by atoms with Crippen LogP contribution in [-0.4, -0.2) is 34.4 Å². The number of benzene rings is 2. The number of amides is 1. The maximum Gasteiger partial charge on any atom is 0.350 e. The lowest BCUT2D eigenvalue weighted by Crippen LogP contribution is -2.29. The first-order chi connectivity index (χ1) is 15.8. The van der Waals surface area contributed by atoms with Crippen molar-refractivity contribution < 1.29 is 24.2 Å². The van der Waals surface area contributed by atoms with Crippen molar-refractivity contribution in [3.63, 3.8) is 0 Å². The molecule has 7 nitrogen and oxygen atoms in total. The van der Waals surface area contributed by atoms with Gasteiger partial charge in [0.25, 0.3) is 5.78 Å². The van der Waals surface area contributed by atoms with Gasteiger partial charge >= 0.3 is 11.9 Å². The molecule has 1 fully saturated rings. The zero-order valence-electron chi connectivity index (χ0n) is 17.7. The quantitative estimate of drug-likeness (QED) is 0.240. The highest BCUT2D eigenvalue weighted by Crippen LogP contribution is 2.43. The number of hydrogen-bond acceptors (Lipinski definition) is 7. The van der Waals surface area contributed by atoms with Gasteiger partial charge in [-0.2, -0.15) is 0 Å². The maximum absolute atomic E-state index is 13.2. The second-order valence-corrected chi connectivity index (χ2v) is 8.63. The van der Waals surface area contributed by atoms with Crippen molar-refractivity contribution in [1.82, 2.24) is 4.98 Å². The summed E-state index contributed by atoms with van der Waals surface area (Å²) < 4.78 is 5.07. The van der Waals surface area contributed by atoms with Crippen LogP contribution in [0.5, 0.6) is 0 Å². The largest absolute Gasteiger partial charge is 0.507 e. The van der Waals surface area contributed by atoms with Gasteiger partial charge in [-0.3, -0.25) is 14.5 Å². The molecule has 1 aromatic heterocycles. The summed E-state index contributed by atoms with van der Waals surface area (Å²) in [6.07, 6.45) is 0. The molecule has 1 atom stereocenters. The fourth-order valence-corrected chi connectivity index (χ4v) is 4.73.